The fourth-order valence-electron chi connectivity index (χ4n) is 1.47. The molecule has 0 radical (unpaired) electrons. The Kier molecular flexibility index (Phi) is 6.22. The normalized spacial score (nSPS) is 12.1. The highest BCUT2D eigenvalue weighted by Gasteiger charge is 2.15. The molecule has 0 saturated heterocycles. The van der Waals surface area contributed by atoms with Gasteiger partial charge < -0.3 is 10.6 Å². The molecule has 0 bridgehead atoms. The van der Waals surface area contributed by atoms with Gasteiger partial charge in [-0.1, -0.05) is 24.6 Å². The van der Waals surface area contributed by atoms with Crippen LogP contribution in [0.3, 0.4) is 0 Å². The van der Waals surface area contributed by atoms with E-state index in [1.807, 2.05) is 18.9 Å². The average molecular weight is 306 g/mol. The summed E-state index contributed by atoms with van der Waals surface area (Å²) in [6.07, 6.45) is 0. The fraction of sp³-hybridized carbons (Fsp3) is 0.500. The van der Waals surface area contributed by atoms with Crippen LogP contribution in [0.1, 0.15) is 12.5 Å². The molecule has 1 aromatic rings. The van der Waals surface area contributed by atoms with E-state index in [9.17, 15) is 8.42 Å². The molecule has 0 spiro atoms. The number of sulfonamides is 1. The van der Waals surface area contributed by atoms with Crippen LogP contribution in [0.15, 0.2) is 23.1 Å². The minimum Gasteiger partial charge on any atom is -0.326 e. The standard InChI is InChI=1S/C12H20ClN3O2S/c1-3-16(2)7-6-15-19(17,18)11-5-4-10(9-14)12(13)8-11/h4-5,8,15H,3,6-7,9,14H2,1-2H3. The van der Waals surface area contributed by atoms with E-state index >= 15 is 0 Å². The van der Waals surface area contributed by atoms with E-state index in [4.69, 9.17) is 17.3 Å². The van der Waals surface area contributed by atoms with E-state index in [0.29, 0.717) is 18.1 Å². The van der Waals surface area contributed by atoms with Gasteiger partial charge in [-0.25, -0.2) is 13.1 Å². The Labute approximate surface area is 119 Å². The van der Waals surface area contributed by atoms with Crippen molar-refractivity contribution >= 4 is 21.6 Å². The summed E-state index contributed by atoms with van der Waals surface area (Å²) in [5, 5.41) is 0.371. The van der Waals surface area contributed by atoms with Crippen LogP contribution in [0, 0.1) is 0 Å². The highest BCUT2D eigenvalue weighted by atomic mass is 35.5. The van der Waals surface area contributed by atoms with Crippen LogP contribution in [-0.4, -0.2) is 40.0 Å². The smallest absolute Gasteiger partial charge is 0.240 e. The quantitative estimate of drug-likeness (QED) is 0.789. The molecule has 0 unspecified atom stereocenters. The van der Waals surface area contributed by atoms with Crippen molar-refractivity contribution in [1.29, 1.82) is 0 Å². The molecule has 7 heteroatoms. The Bertz CT molecular complexity index is 520. The van der Waals surface area contributed by atoms with Gasteiger partial charge in [0.1, 0.15) is 0 Å². The van der Waals surface area contributed by atoms with E-state index < -0.39 is 10.0 Å². The van der Waals surface area contributed by atoms with Gasteiger partial charge in [0, 0.05) is 24.7 Å². The van der Waals surface area contributed by atoms with Gasteiger partial charge in [-0.3, -0.25) is 0 Å². The van der Waals surface area contributed by atoms with Crippen molar-refractivity contribution in [3.05, 3.63) is 28.8 Å². The highest BCUT2D eigenvalue weighted by Crippen LogP contribution is 2.20. The third-order valence-corrected chi connectivity index (χ3v) is 4.69. The maximum atomic E-state index is 12.0. The third kappa shape index (κ3) is 4.74. The molecule has 0 aliphatic rings. The first-order chi connectivity index (χ1) is 8.90. The summed E-state index contributed by atoms with van der Waals surface area (Å²) in [5.74, 6) is 0. The van der Waals surface area contributed by atoms with Gasteiger partial charge in [0.05, 0.1) is 4.90 Å². The highest BCUT2D eigenvalue weighted by molar-refractivity contribution is 7.89. The second kappa shape index (κ2) is 7.21. The minimum absolute atomic E-state index is 0.161. The summed E-state index contributed by atoms with van der Waals surface area (Å²) in [5.41, 5.74) is 6.21. The molecule has 3 N–H and O–H groups in total. The van der Waals surface area contributed by atoms with E-state index in [0.717, 1.165) is 12.1 Å². The zero-order valence-electron chi connectivity index (χ0n) is 11.2. The molecule has 0 fully saturated rings. The van der Waals surface area contributed by atoms with Crippen molar-refractivity contribution in [2.45, 2.75) is 18.4 Å². The second-order valence-electron chi connectivity index (χ2n) is 4.25. The van der Waals surface area contributed by atoms with Crippen LogP contribution in [0.4, 0.5) is 0 Å². The lowest BCUT2D eigenvalue weighted by Gasteiger charge is -2.14. The number of nitrogens with one attached hydrogen (secondary N) is 1. The van der Waals surface area contributed by atoms with Crippen LogP contribution in [0.2, 0.25) is 5.02 Å². The Morgan fingerprint density at radius 3 is 2.63 bits per heavy atom. The molecule has 0 atom stereocenters. The van der Waals surface area contributed by atoms with E-state index in [1.54, 1.807) is 6.07 Å². The van der Waals surface area contributed by atoms with Crippen molar-refractivity contribution in [1.82, 2.24) is 9.62 Å². The molecule has 1 rings (SSSR count). The molecule has 0 aliphatic carbocycles. The molecule has 1 aromatic carbocycles. The largest absolute Gasteiger partial charge is 0.326 e. The summed E-state index contributed by atoms with van der Waals surface area (Å²) in [6, 6.07) is 4.57. The Morgan fingerprint density at radius 1 is 1.42 bits per heavy atom. The van der Waals surface area contributed by atoms with Crippen LogP contribution >= 0.6 is 11.6 Å². The van der Waals surface area contributed by atoms with Gasteiger partial charge in [0.25, 0.3) is 0 Å². The molecular formula is C12H20ClN3O2S. The predicted octanol–water partition coefficient (Wildman–Crippen LogP) is 1.03. The second-order valence-corrected chi connectivity index (χ2v) is 6.43. The van der Waals surface area contributed by atoms with Crippen LogP contribution in [-0.2, 0) is 16.6 Å². The first-order valence-corrected chi connectivity index (χ1v) is 7.93. The van der Waals surface area contributed by atoms with Crippen molar-refractivity contribution < 1.29 is 8.42 Å². The van der Waals surface area contributed by atoms with Crippen LogP contribution < -0.4 is 10.5 Å². The molecule has 19 heavy (non-hydrogen) atoms. The number of hydrogen-bond acceptors (Lipinski definition) is 4. The number of nitrogens with zero attached hydrogens (tertiary/aromatic N) is 1. The fourth-order valence-corrected chi connectivity index (χ4v) is 2.84. The van der Waals surface area contributed by atoms with Crippen LogP contribution in [0.25, 0.3) is 0 Å². The molecule has 0 aliphatic heterocycles. The molecule has 0 heterocycles. The van der Waals surface area contributed by atoms with E-state index in [-0.39, 0.29) is 11.4 Å². The van der Waals surface area contributed by atoms with Crippen molar-refractivity contribution in [2.24, 2.45) is 5.73 Å². The van der Waals surface area contributed by atoms with Gasteiger partial charge in [-0.15, -0.1) is 0 Å². The first-order valence-electron chi connectivity index (χ1n) is 6.07. The first kappa shape index (κ1) is 16.4. The van der Waals surface area contributed by atoms with Crippen molar-refractivity contribution in [3.8, 4) is 0 Å². The summed E-state index contributed by atoms with van der Waals surface area (Å²) < 4.78 is 26.6. The number of rotatable bonds is 7. The van der Waals surface area contributed by atoms with Crippen molar-refractivity contribution in [2.75, 3.05) is 26.7 Å². The van der Waals surface area contributed by atoms with Gasteiger partial charge in [-0.05, 0) is 31.3 Å². The number of halogens is 1. The van der Waals surface area contributed by atoms with Gasteiger partial charge in [0.15, 0.2) is 0 Å². The summed E-state index contributed by atoms with van der Waals surface area (Å²) >= 11 is 5.96. The summed E-state index contributed by atoms with van der Waals surface area (Å²) in [7, 11) is -1.58. The lowest BCUT2D eigenvalue weighted by atomic mass is 10.2. The lowest BCUT2D eigenvalue weighted by Crippen LogP contribution is -2.32. The third-order valence-electron chi connectivity index (χ3n) is 2.88. The number of benzene rings is 1. The predicted molar refractivity (Wildman–Crippen MR) is 77.7 cm³/mol. The molecule has 0 saturated carbocycles. The Morgan fingerprint density at radius 2 is 2.11 bits per heavy atom. The topological polar surface area (TPSA) is 75.4 Å². The maximum absolute atomic E-state index is 12.0. The molecule has 0 aromatic heterocycles. The zero-order chi connectivity index (χ0) is 14.5. The average Bonchev–Trinajstić information content (AvgIpc) is 2.38. The molecule has 108 valence electrons. The number of likely N-dealkylation sites (N-methyl/N-ethyl adjacent to an activating group) is 1. The summed E-state index contributed by atoms with van der Waals surface area (Å²) in [6.45, 7) is 4.19. The molecular weight excluding hydrogens is 286 g/mol. The van der Waals surface area contributed by atoms with Crippen LogP contribution in [0.5, 0.6) is 0 Å². The summed E-state index contributed by atoms with van der Waals surface area (Å²) in [4.78, 5) is 2.18. The van der Waals surface area contributed by atoms with Gasteiger partial charge >= 0.3 is 0 Å². The zero-order valence-corrected chi connectivity index (χ0v) is 12.8. The number of hydrogen-bond donors (Lipinski definition) is 2. The Balaban J connectivity index is 2.75. The Hall–Kier alpha value is -0.660. The van der Waals surface area contributed by atoms with Crippen molar-refractivity contribution in [3.63, 3.8) is 0 Å². The molecule has 5 nitrogen and oxygen atoms in total. The van der Waals surface area contributed by atoms with Gasteiger partial charge in [-0.2, -0.15) is 0 Å². The maximum Gasteiger partial charge on any atom is 0.240 e. The molecule has 0 amide bonds. The minimum atomic E-state index is -3.51. The van der Waals surface area contributed by atoms with E-state index in [1.165, 1.54) is 12.1 Å². The number of nitrogens with two attached hydrogens (primary N) is 1. The SMILES string of the molecule is CCN(C)CCNS(=O)(=O)c1ccc(CN)c(Cl)c1. The van der Waals surface area contributed by atoms with E-state index in [2.05, 4.69) is 4.72 Å². The lowest BCUT2D eigenvalue weighted by molar-refractivity contribution is 0.358. The monoisotopic (exact) mass is 305 g/mol. The van der Waals surface area contributed by atoms with Gasteiger partial charge in [0.2, 0.25) is 10.0 Å².